The summed E-state index contributed by atoms with van der Waals surface area (Å²) in [7, 11) is 0. The first-order valence-electron chi connectivity index (χ1n) is 3.63. The van der Waals surface area contributed by atoms with E-state index in [-0.39, 0.29) is 0 Å². The van der Waals surface area contributed by atoms with Gasteiger partial charge in [0.15, 0.2) is 0 Å². The highest BCUT2D eigenvalue weighted by Gasteiger charge is 2.80. The minimum atomic E-state index is -7.03. The second-order valence-electron chi connectivity index (χ2n) is 2.88. The quantitative estimate of drug-likeness (QED) is 0.385. The van der Waals surface area contributed by atoms with E-state index in [1.165, 1.54) is 0 Å². The van der Waals surface area contributed by atoms with Crippen molar-refractivity contribution >= 4 is 15.9 Å². The zero-order valence-electron chi connectivity index (χ0n) is 7.86. The zero-order valence-corrected chi connectivity index (χ0v) is 9.45. The summed E-state index contributed by atoms with van der Waals surface area (Å²) in [6.07, 6.45) is -20.7. The highest BCUT2D eigenvalue weighted by molar-refractivity contribution is 9.10. The monoisotopic (exact) mass is 381 g/mol. The van der Waals surface area contributed by atoms with E-state index in [2.05, 4.69) is 0 Å². The van der Waals surface area contributed by atoms with E-state index in [0.717, 1.165) is 0 Å². The smallest absolute Gasteiger partial charge is 0.212 e. The van der Waals surface area contributed by atoms with Gasteiger partial charge in [0.2, 0.25) is 0 Å². The lowest BCUT2D eigenvalue weighted by atomic mass is 10.3. The summed E-state index contributed by atoms with van der Waals surface area (Å²) in [5.74, 6) is 0. The predicted octanol–water partition coefficient (Wildman–Crippen LogP) is 4.54. The lowest BCUT2D eigenvalue weighted by Gasteiger charge is -2.38. The number of rotatable bonds is 2. The van der Waals surface area contributed by atoms with Gasteiger partial charge in [-0.3, -0.25) is 0 Å². The van der Waals surface area contributed by atoms with Crippen molar-refractivity contribution in [3.05, 3.63) is 0 Å². The van der Waals surface area contributed by atoms with Gasteiger partial charge < -0.3 is 0 Å². The van der Waals surface area contributed by atoms with Gasteiger partial charge in [-0.05, 0) is 15.9 Å². The highest BCUT2D eigenvalue weighted by Crippen LogP contribution is 2.55. The Morgan fingerprint density at radius 3 is 1.00 bits per heavy atom. The van der Waals surface area contributed by atoms with E-state index in [4.69, 9.17) is 0 Å². The Bertz CT molecular complexity index is 308. The summed E-state index contributed by atoms with van der Waals surface area (Å²) in [4.78, 5) is -3.78. The average Bonchev–Trinajstić information content (AvgIpc) is 1.92. The summed E-state index contributed by atoms with van der Waals surface area (Å²) >= 11 is 0.526. The highest BCUT2D eigenvalue weighted by atomic mass is 79.9. The van der Waals surface area contributed by atoms with Crippen LogP contribution in [0.15, 0.2) is 0 Å². The van der Waals surface area contributed by atoms with E-state index >= 15 is 0 Å². The maximum Gasteiger partial charge on any atom is 0.472 e. The Hall–Kier alpha value is -0.400. The zero-order chi connectivity index (χ0) is 16.1. The van der Waals surface area contributed by atoms with Gasteiger partial charge in [0.1, 0.15) is 0 Å². The molecule has 0 aromatic heterocycles. The second kappa shape index (κ2) is 4.56. The molecule has 0 aliphatic rings. The Labute approximate surface area is 104 Å². The number of nitrogens with zero attached hydrogens (tertiary/aromatic N) is 1. The molecule has 0 aliphatic carbocycles. The Morgan fingerprint density at radius 1 is 0.579 bits per heavy atom. The van der Waals surface area contributed by atoms with E-state index in [1.54, 1.807) is 0 Å². The third kappa shape index (κ3) is 3.38. The fraction of sp³-hybridized carbons (Fsp3) is 1.00. The van der Waals surface area contributed by atoms with Crippen LogP contribution in [0.3, 0.4) is 0 Å². The molecule has 1 unspecified atom stereocenters. The molecule has 0 saturated heterocycles. The maximum absolute atomic E-state index is 12.7. The molecule has 14 heteroatoms. The molecule has 0 fully saturated rings. The van der Waals surface area contributed by atoms with Gasteiger partial charge in [-0.15, -0.1) is 0 Å². The third-order valence-corrected chi connectivity index (χ3v) is 2.45. The number of alkyl halides is 13. The van der Waals surface area contributed by atoms with Crippen molar-refractivity contribution in [3.63, 3.8) is 0 Å². The van der Waals surface area contributed by atoms with Crippen LogP contribution in [-0.2, 0) is 0 Å². The normalized spacial score (nSPS) is 18.6. The van der Waals surface area contributed by atoms with E-state index < -0.39 is 34.3 Å². The second-order valence-corrected chi connectivity index (χ2v) is 3.98. The number of hydrogen-bond acceptors (Lipinski definition) is 1. The Kier molecular flexibility index (Phi) is 4.47. The minimum Gasteiger partial charge on any atom is -0.212 e. The molecule has 0 saturated carbocycles. The van der Waals surface area contributed by atoms with Gasteiger partial charge in [-0.2, -0.15) is 48.3 Å². The SMILES string of the molecule is FC(F)(F)N(C(F)(F)F)C(F)(F)C(F)(Br)C(F)(F)F. The molecule has 1 nitrogen and oxygen atoms in total. The fourth-order valence-electron chi connectivity index (χ4n) is 0.773. The van der Waals surface area contributed by atoms with Crippen LogP contribution >= 0.6 is 15.9 Å². The van der Waals surface area contributed by atoms with Gasteiger partial charge in [-0.1, -0.05) is 4.90 Å². The molecule has 0 amide bonds. The summed E-state index contributed by atoms with van der Waals surface area (Å²) in [6, 6.07) is -7.03. The van der Waals surface area contributed by atoms with Crippen molar-refractivity contribution in [1.29, 1.82) is 0 Å². The van der Waals surface area contributed by atoms with Crippen LogP contribution in [0.25, 0.3) is 0 Å². The predicted molar refractivity (Wildman–Crippen MR) is 37.7 cm³/mol. The molecule has 0 heterocycles. The van der Waals surface area contributed by atoms with Crippen molar-refractivity contribution in [2.45, 2.75) is 29.4 Å². The molecule has 0 aromatic carbocycles. The summed E-state index contributed by atoms with van der Waals surface area (Å²) in [5, 5.41) is 0. The van der Waals surface area contributed by atoms with Gasteiger partial charge in [0.05, 0.1) is 0 Å². The lowest BCUT2D eigenvalue weighted by molar-refractivity contribution is -0.462. The van der Waals surface area contributed by atoms with Crippen LogP contribution in [0.2, 0.25) is 0 Å². The van der Waals surface area contributed by atoms with Crippen molar-refractivity contribution in [1.82, 2.24) is 4.90 Å². The van der Waals surface area contributed by atoms with Crippen molar-refractivity contribution in [2.24, 2.45) is 0 Å². The lowest BCUT2D eigenvalue weighted by Crippen LogP contribution is -2.67. The van der Waals surface area contributed by atoms with Crippen molar-refractivity contribution in [3.8, 4) is 0 Å². The Balaban J connectivity index is 5.97. The molecule has 1 atom stereocenters. The third-order valence-electron chi connectivity index (χ3n) is 1.52. The first kappa shape index (κ1) is 18.6. The van der Waals surface area contributed by atoms with Crippen LogP contribution in [0, 0.1) is 0 Å². The summed E-state index contributed by atoms with van der Waals surface area (Å²) < 4.78 is 138. The standard InChI is InChI=1S/C5BrF12N/c6-1(7,2(8,9)10)3(11,12)19(4(13,14)15)5(16,17)18. The first-order chi connectivity index (χ1) is 7.87. The number of hydrogen-bond donors (Lipinski definition) is 0. The molecule has 0 rings (SSSR count). The van der Waals surface area contributed by atoms with Crippen LogP contribution in [-0.4, -0.2) is 34.3 Å². The first-order valence-corrected chi connectivity index (χ1v) is 4.42. The molecule has 0 N–H and O–H groups in total. The molecule has 19 heavy (non-hydrogen) atoms. The van der Waals surface area contributed by atoms with E-state index in [1.807, 2.05) is 0 Å². The Morgan fingerprint density at radius 2 is 0.842 bits per heavy atom. The molecular formula is C5BrF12N. The molecule has 116 valence electrons. The van der Waals surface area contributed by atoms with E-state index in [0.29, 0.717) is 15.9 Å². The summed E-state index contributed by atoms with van der Waals surface area (Å²) in [6.45, 7) is 0. The van der Waals surface area contributed by atoms with E-state index in [9.17, 15) is 52.7 Å². The van der Waals surface area contributed by atoms with Crippen LogP contribution < -0.4 is 0 Å². The van der Waals surface area contributed by atoms with Crippen LogP contribution in [0.1, 0.15) is 0 Å². The largest absolute Gasteiger partial charge is 0.472 e. The van der Waals surface area contributed by atoms with Crippen LogP contribution in [0.5, 0.6) is 0 Å². The topological polar surface area (TPSA) is 3.24 Å². The summed E-state index contributed by atoms with van der Waals surface area (Å²) in [5.41, 5.74) is 0. The van der Waals surface area contributed by atoms with Gasteiger partial charge in [0, 0.05) is 0 Å². The molecule has 0 aromatic rings. The van der Waals surface area contributed by atoms with Crippen molar-refractivity contribution in [2.75, 3.05) is 0 Å². The van der Waals surface area contributed by atoms with Crippen LogP contribution in [0.4, 0.5) is 52.7 Å². The average molecular weight is 382 g/mol. The van der Waals surface area contributed by atoms with Gasteiger partial charge >= 0.3 is 29.4 Å². The molecule has 0 bridgehead atoms. The maximum atomic E-state index is 12.7. The molecule has 0 radical (unpaired) electrons. The molecule has 0 spiro atoms. The van der Waals surface area contributed by atoms with Gasteiger partial charge in [0.25, 0.3) is 0 Å². The number of halogens is 13. The van der Waals surface area contributed by atoms with Gasteiger partial charge in [-0.25, -0.2) is 4.39 Å². The molecular weight excluding hydrogens is 382 g/mol. The fourth-order valence-corrected chi connectivity index (χ4v) is 0.950. The van der Waals surface area contributed by atoms with Crippen molar-refractivity contribution < 1.29 is 52.7 Å². The molecule has 0 aliphatic heterocycles. The minimum absolute atomic E-state index is 0.526.